The highest BCUT2D eigenvalue weighted by molar-refractivity contribution is 5.32. The van der Waals surface area contributed by atoms with E-state index in [1.807, 2.05) is 13.0 Å². The molecule has 0 amide bonds. The van der Waals surface area contributed by atoms with Crippen molar-refractivity contribution < 1.29 is 13.9 Å². The quantitative estimate of drug-likeness (QED) is 0.856. The molecule has 0 aliphatic carbocycles. The summed E-state index contributed by atoms with van der Waals surface area (Å²) < 4.78 is 15.5. The van der Waals surface area contributed by atoms with Gasteiger partial charge in [-0.15, -0.1) is 0 Å². The Morgan fingerprint density at radius 2 is 2.21 bits per heavy atom. The van der Waals surface area contributed by atoms with Gasteiger partial charge >= 0.3 is 0 Å². The molecule has 2 aromatic heterocycles. The first-order valence-corrected chi connectivity index (χ1v) is 6.00. The fourth-order valence-corrected chi connectivity index (χ4v) is 1.83. The van der Waals surface area contributed by atoms with E-state index in [4.69, 9.17) is 13.9 Å². The van der Waals surface area contributed by atoms with E-state index < -0.39 is 0 Å². The van der Waals surface area contributed by atoms with Gasteiger partial charge in [0.2, 0.25) is 11.8 Å². The molecule has 0 aliphatic rings. The van der Waals surface area contributed by atoms with Crippen LogP contribution in [-0.4, -0.2) is 30.7 Å². The predicted molar refractivity (Wildman–Crippen MR) is 69.4 cm³/mol. The van der Waals surface area contributed by atoms with Crippen molar-refractivity contribution >= 4 is 0 Å². The van der Waals surface area contributed by atoms with Gasteiger partial charge in [-0.1, -0.05) is 6.92 Å². The molecular formula is C13H17N3O3. The van der Waals surface area contributed by atoms with Crippen LogP contribution < -0.4 is 14.8 Å². The second kappa shape index (κ2) is 6.19. The molecule has 6 heteroatoms. The SMILES string of the molecule is CCNC(c1ccoc1)c1ncc(OC)nc1OC. The molecule has 0 fully saturated rings. The molecule has 0 aromatic carbocycles. The third kappa shape index (κ3) is 2.85. The van der Waals surface area contributed by atoms with E-state index in [2.05, 4.69) is 15.3 Å². The fraction of sp³-hybridized carbons (Fsp3) is 0.385. The predicted octanol–water partition coefficient (Wildman–Crippen LogP) is 1.79. The third-order valence-corrected chi connectivity index (χ3v) is 2.71. The molecule has 1 unspecified atom stereocenters. The lowest BCUT2D eigenvalue weighted by atomic mass is 10.1. The summed E-state index contributed by atoms with van der Waals surface area (Å²) in [6.07, 6.45) is 4.88. The van der Waals surface area contributed by atoms with E-state index in [1.54, 1.807) is 32.9 Å². The summed E-state index contributed by atoms with van der Waals surface area (Å²) >= 11 is 0. The molecular weight excluding hydrogens is 246 g/mol. The van der Waals surface area contributed by atoms with Crippen molar-refractivity contribution in [2.75, 3.05) is 20.8 Å². The monoisotopic (exact) mass is 263 g/mol. The maximum absolute atomic E-state index is 5.29. The molecule has 2 rings (SSSR count). The zero-order valence-corrected chi connectivity index (χ0v) is 11.2. The number of methoxy groups -OCH3 is 2. The summed E-state index contributed by atoms with van der Waals surface area (Å²) in [5.41, 5.74) is 1.67. The molecule has 102 valence electrons. The number of hydrogen-bond acceptors (Lipinski definition) is 6. The minimum Gasteiger partial charge on any atom is -0.480 e. The van der Waals surface area contributed by atoms with Gasteiger partial charge in [-0.05, 0) is 12.6 Å². The van der Waals surface area contributed by atoms with Gasteiger partial charge in [0.15, 0.2) is 0 Å². The number of rotatable bonds is 6. The van der Waals surface area contributed by atoms with Gasteiger partial charge in [0.1, 0.15) is 5.69 Å². The van der Waals surface area contributed by atoms with Crippen LogP contribution in [0.1, 0.15) is 24.2 Å². The van der Waals surface area contributed by atoms with Crippen LogP contribution in [-0.2, 0) is 0 Å². The second-order valence-electron chi connectivity index (χ2n) is 3.85. The molecule has 0 radical (unpaired) electrons. The van der Waals surface area contributed by atoms with Crippen LogP contribution in [0.2, 0.25) is 0 Å². The molecule has 6 nitrogen and oxygen atoms in total. The molecule has 19 heavy (non-hydrogen) atoms. The van der Waals surface area contributed by atoms with Crippen LogP contribution in [0.5, 0.6) is 11.8 Å². The zero-order valence-electron chi connectivity index (χ0n) is 11.2. The van der Waals surface area contributed by atoms with E-state index in [-0.39, 0.29) is 6.04 Å². The maximum Gasteiger partial charge on any atom is 0.240 e. The van der Waals surface area contributed by atoms with Gasteiger partial charge in [0.05, 0.1) is 39.0 Å². The first-order valence-electron chi connectivity index (χ1n) is 6.00. The number of furan rings is 1. The topological polar surface area (TPSA) is 69.4 Å². The van der Waals surface area contributed by atoms with Crippen molar-refractivity contribution in [3.05, 3.63) is 36.0 Å². The highest BCUT2D eigenvalue weighted by atomic mass is 16.5. The Morgan fingerprint density at radius 3 is 2.79 bits per heavy atom. The summed E-state index contributed by atoms with van der Waals surface area (Å²) in [4.78, 5) is 8.62. The van der Waals surface area contributed by atoms with Gasteiger partial charge in [-0.2, -0.15) is 4.98 Å². The average Bonchev–Trinajstić information content (AvgIpc) is 2.98. The molecule has 0 bridgehead atoms. The molecule has 2 aromatic rings. The molecule has 1 atom stereocenters. The minimum atomic E-state index is -0.128. The van der Waals surface area contributed by atoms with Crippen LogP contribution in [0.3, 0.4) is 0 Å². The first kappa shape index (κ1) is 13.4. The Morgan fingerprint density at radius 1 is 1.37 bits per heavy atom. The Kier molecular flexibility index (Phi) is 4.35. The van der Waals surface area contributed by atoms with E-state index in [0.29, 0.717) is 17.5 Å². The largest absolute Gasteiger partial charge is 0.480 e. The molecule has 0 saturated carbocycles. The van der Waals surface area contributed by atoms with E-state index in [0.717, 1.165) is 12.1 Å². The molecule has 2 heterocycles. The van der Waals surface area contributed by atoms with Crippen molar-refractivity contribution in [1.82, 2.24) is 15.3 Å². The normalized spacial score (nSPS) is 12.2. The first-order chi connectivity index (χ1) is 9.30. The lowest BCUT2D eigenvalue weighted by Gasteiger charge is -2.17. The molecule has 0 spiro atoms. The number of aromatic nitrogens is 2. The Bertz CT molecular complexity index is 514. The van der Waals surface area contributed by atoms with Crippen molar-refractivity contribution in [3.8, 4) is 11.8 Å². The van der Waals surface area contributed by atoms with Crippen molar-refractivity contribution in [2.45, 2.75) is 13.0 Å². The average molecular weight is 263 g/mol. The van der Waals surface area contributed by atoms with Crippen LogP contribution >= 0.6 is 0 Å². The lowest BCUT2D eigenvalue weighted by Crippen LogP contribution is -2.23. The number of nitrogens with one attached hydrogen (secondary N) is 1. The van der Waals surface area contributed by atoms with E-state index in [9.17, 15) is 0 Å². The van der Waals surface area contributed by atoms with Gasteiger partial charge in [0.25, 0.3) is 0 Å². The smallest absolute Gasteiger partial charge is 0.240 e. The van der Waals surface area contributed by atoms with Gasteiger partial charge in [-0.25, -0.2) is 4.98 Å². The van der Waals surface area contributed by atoms with Crippen molar-refractivity contribution in [3.63, 3.8) is 0 Å². The summed E-state index contributed by atoms with van der Waals surface area (Å²) in [5, 5.41) is 3.33. The highest BCUT2D eigenvalue weighted by Gasteiger charge is 2.21. The molecule has 0 saturated heterocycles. The number of ether oxygens (including phenoxy) is 2. The Hall–Kier alpha value is -2.08. The summed E-state index contributed by atoms with van der Waals surface area (Å²) in [5.74, 6) is 0.856. The third-order valence-electron chi connectivity index (χ3n) is 2.71. The van der Waals surface area contributed by atoms with E-state index >= 15 is 0 Å². The van der Waals surface area contributed by atoms with Gasteiger partial charge in [-0.3, -0.25) is 0 Å². The standard InChI is InChI=1S/C13H17N3O3/c1-4-14-11(9-5-6-19-8-9)12-13(18-3)16-10(17-2)7-15-12/h5-8,11,14H,4H2,1-3H3. The van der Waals surface area contributed by atoms with Crippen LogP contribution in [0.15, 0.2) is 29.2 Å². The second-order valence-corrected chi connectivity index (χ2v) is 3.85. The Labute approximate surface area is 111 Å². The summed E-state index contributed by atoms with van der Waals surface area (Å²) in [6, 6.07) is 1.76. The fourth-order valence-electron chi connectivity index (χ4n) is 1.83. The summed E-state index contributed by atoms with van der Waals surface area (Å²) in [7, 11) is 3.10. The van der Waals surface area contributed by atoms with Crippen molar-refractivity contribution in [2.24, 2.45) is 0 Å². The van der Waals surface area contributed by atoms with Crippen LogP contribution in [0.4, 0.5) is 0 Å². The molecule has 0 aliphatic heterocycles. The number of nitrogens with zero attached hydrogens (tertiary/aromatic N) is 2. The van der Waals surface area contributed by atoms with Crippen LogP contribution in [0.25, 0.3) is 0 Å². The van der Waals surface area contributed by atoms with Crippen LogP contribution in [0, 0.1) is 0 Å². The maximum atomic E-state index is 5.29. The molecule has 1 N–H and O–H groups in total. The highest BCUT2D eigenvalue weighted by Crippen LogP contribution is 2.28. The van der Waals surface area contributed by atoms with Gasteiger partial charge < -0.3 is 19.2 Å². The van der Waals surface area contributed by atoms with Gasteiger partial charge in [0, 0.05) is 5.56 Å². The Balaban J connectivity index is 2.41. The van der Waals surface area contributed by atoms with Crippen molar-refractivity contribution in [1.29, 1.82) is 0 Å². The minimum absolute atomic E-state index is 0.128. The zero-order chi connectivity index (χ0) is 13.7. The lowest BCUT2D eigenvalue weighted by molar-refractivity contribution is 0.352. The number of hydrogen-bond donors (Lipinski definition) is 1. The van der Waals surface area contributed by atoms with E-state index in [1.165, 1.54) is 0 Å². The summed E-state index contributed by atoms with van der Waals surface area (Å²) in [6.45, 7) is 2.81.